The largest absolute Gasteiger partial charge is 0.258 e. The molecule has 0 bridgehead atoms. The van der Waals surface area contributed by atoms with Crippen LogP contribution in [0.4, 0.5) is 0 Å². The van der Waals surface area contributed by atoms with Crippen molar-refractivity contribution in [2.45, 2.75) is 137 Å². The standard InChI is InChI=1S/C24H47N2/c1-5-7-8-9-10-11-12-13-14-15-16-17-18-20-26-22-21-25(19-6-2)24(26)23(3)4/h21-23H,5-20H2,1-4H3/q+1. The van der Waals surface area contributed by atoms with Gasteiger partial charge in [-0.25, -0.2) is 9.13 Å². The molecule has 1 aromatic rings. The molecule has 0 saturated carbocycles. The number of aromatic nitrogens is 2. The minimum atomic E-state index is 0.610. The third kappa shape index (κ3) is 9.78. The fourth-order valence-electron chi connectivity index (χ4n) is 4.06. The lowest BCUT2D eigenvalue weighted by Crippen LogP contribution is -2.37. The Hall–Kier alpha value is -0.790. The summed E-state index contributed by atoms with van der Waals surface area (Å²) in [7, 11) is 0. The van der Waals surface area contributed by atoms with Crippen LogP contribution in [-0.2, 0) is 13.1 Å². The zero-order chi connectivity index (χ0) is 19.0. The average molecular weight is 364 g/mol. The van der Waals surface area contributed by atoms with Crippen LogP contribution in [0.5, 0.6) is 0 Å². The SMILES string of the molecule is CCCCCCCCCCCCCCCn1cc[n+](CCC)c1C(C)C. The molecule has 1 aromatic heterocycles. The Balaban J connectivity index is 2.02. The van der Waals surface area contributed by atoms with Gasteiger partial charge in [0.1, 0.15) is 12.4 Å². The highest BCUT2D eigenvalue weighted by Gasteiger charge is 2.19. The average Bonchev–Trinajstić information content (AvgIpc) is 3.02. The summed E-state index contributed by atoms with van der Waals surface area (Å²) in [6.45, 7) is 11.6. The lowest BCUT2D eigenvalue weighted by atomic mass is 10.0. The minimum absolute atomic E-state index is 0.610. The molecule has 0 N–H and O–H groups in total. The van der Waals surface area contributed by atoms with E-state index in [9.17, 15) is 0 Å². The Bertz CT molecular complexity index is 433. The fourth-order valence-corrected chi connectivity index (χ4v) is 4.06. The van der Waals surface area contributed by atoms with Crippen LogP contribution in [0.2, 0.25) is 0 Å². The van der Waals surface area contributed by atoms with E-state index in [0.29, 0.717) is 5.92 Å². The first-order valence-electron chi connectivity index (χ1n) is 11.8. The van der Waals surface area contributed by atoms with Crippen LogP contribution in [0.3, 0.4) is 0 Å². The summed E-state index contributed by atoms with van der Waals surface area (Å²) in [6.07, 6.45) is 24.4. The molecule has 0 fully saturated rings. The van der Waals surface area contributed by atoms with Crippen molar-refractivity contribution in [3.8, 4) is 0 Å². The van der Waals surface area contributed by atoms with Gasteiger partial charge in [-0.1, -0.05) is 98.3 Å². The van der Waals surface area contributed by atoms with Crippen LogP contribution in [-0.4, -0.2) is 4.57 Å². The maximum absolute atomic E-state index is 2.50. The van der Waals surface area contributed by atoms with Crippen molar-refractivity contribution in [2.24, 2.45) is 0 Å². The van der Waals surface area contributed by atoms with Crippen molar-refractivity contribution >= 4 is 0 Å². The van der Waals surface area contributed by atoms with Crippen LogP contribution in [0.15, 0.2) is 12.4 Å². The predicted molar refractivity (Wildman–Crippen MR) is 115 cm³/mol. The Morgan fingerprint density at radius 2 is 1.23 bits per heavy atom. The van der Waals surface area contributed by atoms with Gasteiger partial charge < -0.3 is 0 Å². The molecule has 2 heteroatoms. The van der Waals surface area contributed by atoms with Crippen molar-refractivity contribution in [2.75, 3.05) is 0 Å². The van der Waals surface area contributed by atoms with Crippen molar-refractivity contribution in [1.82, 2.24) is 4.57 Å². The van der Waals surface area contributed by atoms with Crippen LogP contribution in [0.1, 0.15) is 129 Å². The Morgan fingerprint density at radius 3 is 1.69 bits per heavy atom. The van der Waals surface area contributed by atoms with Crippen molar-refractivity contribution in [3.63, 3.8) is 0 Å². The molecule has 0 amide bonds. The lowest BCUT2D eigenvalue weighted by molar-refractivity contribution is -0.704. The van der Waals surface area contributed by atoms with Gasteiger partial charge in [0.15, 0.2) is 0 Å². The molecule has 0 aliphatic heterocycles. The van der Waals surface area contributed by atoms with Gasteiger partial charge in [0.2, 0.25) is 0 Å². The Labute approximate surface area is 164 Å². The summed E-state index contributed by atoms with van der Waals surface area (Å²) >= 11 is 0. The number of hydrogen-bond donors (Lipinski definition) is 0. The number of imidazole rings is 1. The van der Waals surface area contributed by atoms with Gasteiger partial charge >= 0.3 is 0 Å². The van der Waals surface area contributed by atoms with E-state index in [1.165, 1.54) is 102 Å². The van der Waals surface area contributed by atoms with E-state index in [1.807, 2.05) is 0 Å². The van der Waals surface area contributed by atoms with Gasteiger partial charge in [-0.05, 0) is 19.3 Å². The van der Waals surface area contributed by atoms with E-state index in [2.05, 4.69) is 49.2 Å². The first kappa shape index (κ1) is 23.2. The van der Waals surface area contributed by atoms with Crippen molar-refractivity contribution in [3.05, 3.63) is 18.2 Å². The second kappa shape index (κ2) is 15.3. The van der Waals surface area contributed by atoms with Gasteiger partial charge in [0.05, 0.1) is 19.0 Å². The van der Waals surface area contributed by atoms with Crippen molar-refractivity contribution in [1.29, 1.82) is 0 Å². The Kier molecular flexibility index (Phi) is 13.7. The van der Waals surface area contributed by atoms with E-state index in [-0.39, 0.29) is 0 Å². The molecule has 1 heterocycles. The highest BCUT2D eigenvalue weighted by atomic mass is 15.1. The second-order valence-corrected chi connectivity index (χ2v) is 8.44. The summed E-state index contributed by atoms with van der Waals surface area (Å²) in [4.78, 5) is 0. The van der Waals surface area contributed by atoms with Crippen LogP contribution in [0, 0.1) is 0 Å². The summed E-state index contributed by atoms with van der Waals surface area (Å²) in [5.41, 5.74) is 0. The van der Waals surface area contributed by atoms with E-state index in [0.717, 1.165) is 6.54 Å². The minimum Gasteiger partial charge on any atom is -0.234 e. The van der Waals surface area contributed by atoms with Gasteiger partial charge in [-0.2, -0.15) is 0 Å². The van der Waals surface area contributed by atoms with Crippen molar-refractivity contribution < 1.29 is 4.57 Å². The zero-order valence-corrected chi connectivity index (χ0v) is 18.4. The third-order valence-electron chi connectivity index (χ3n) is 5.50. The summed E-state index contributed by atoms with van der Waals surface area (Å²) in [5, 5.41) is 0. The highest BCUT2D eigenvalue weighted by Crippen LogP contribution is 2.14. The molecular formula is C24H47N2+. The number of nitrogens with zero attached hydrogens (tertiary/aromatic N) is 2. The highest BCUT2D eigenvalue weighted by molar-refractivity contribution is 4.89. The number of aryl methyl sites for hydroxylation is 2. The number of unbranched alkanes of at least 4 members (excludes halogenated alkanes) is 12. The molecule has 0 aromatic carbocycles. The van der Waals surface area contributed by atoms with E-state index >= 15 is 0 Å². The summed E-state index contributed by atoms with van der Waals surface area (Å²) in [5.74, 6) is 2.12. The second-order valence-electron chi connectivity index (χ2n) is 8.44. The van der Waals surface area contributed by atoms with Crippen LogP contribution >= 0.6 is 0 Å². The molecule has 0 unspecified atom stereocenters. The molecule has 0 spiro atoms. The first-order chi connectivity index (χ1) is 12.7. The molecule has 0 radical (unpaired) electrons. The van der Waals surface area contributed by atoms with Gasteiger partial charge in [-0.3, -0.25) is 0 Å². The monoisotopic (exact) mass is 363 g/mol. The van der Waals surface area contributed by atoms with Crippen LogP contribution < -0.4 is 4.57 Å². The van der Waals surface area contributed by atoms with E-state index in [1.54, 1.807) is 0 Å². The van der Waals surface area contributed by atoms with Gasteiger partial charge in [0.25, 0.3) is 5.82 Å². The molecule has 1 rings (SSSR count). The molecule has 0 saturated heterocycles. The molecule has 0 aliphatic carbocycles. The molecule has 152 valence electrons. The Morgan fingerprint density at radius 1 is 0.731 bits per heavy atom. The maximum Gasteiger partial charge on any atom is 0.258 e. The molecule has 0 aliphatic rings. The molecular weight excluding hydrogens is 316 g/mol. The summed E-state index contributed by atoms with van der Waals surface area (Å²) in [6, 6.07) is 0. The third-order valence-corrected chi connectivity index (χ3v) is 5.50. The van der Waals surface area contributed by atoms with Gasteiger partial charge in [-0.15, -0.1) is 0 Å². The quantitative estimate of drug-likeness (QED) is 0.201. The smallest absolute Gasteiger partial charge is 0.234 e. The normalized spacial score (nSPS) is 11.6. The molecule has 0 atom stereocenters. The number of rotatable bonds is 17. The lowest BCUT2D eigenvalue weighted by Gasteiger charge is -2.07. The van der Waals surface area contributed by atoms with E-state index < -0.39 is 0 Å². The van der Waals surface area contributed by atoms with Crippen LogP contribution in [0.25, 0.3) is 0 Å². The predicted octanol–water partition coefficient (Wildman–Crippen LogP) is 7.40. The maximum atomic E-state index is 2.50. The van der Waals surface area contributed by atoms with E-state index in [4.69, 9.17) is 0 Å². The molecule has 2 nitrogen and oxygen atoms in total. The topological polar surface area (TPSA) is 8.81 Å². The first-order valence-corrected chi connectivity index (χ1v) is 11.8. The molecule has 26 heavy (non-hydrogen) atoms. The summed E-state index contributed by atoms with van der Waals surface area (Å²) < 4.78 is 4.95. The van der Waals surface area contributed by atoms with Gasteiger partial charge in [0, 0.05) is 0 Å². The fraction of sp³-hybridized carbons (Fsp3) is 0.875. The zero-order valence-electron chi connectivity index (χ0n) is 18.4. The number of hydrogen-bond acceptors (Lipinski definition) is 0.